The van der Waals surface area contributed by atoms with Crippen molar-refractivity contribution in [2.45, 2.75) is 13.0 Å². The van der Waals surface area contributed by atoms with Crippen LogP contribution in [0.25, 0.3) is 0 Å². The quantitative estimate of drug-likeness (QED) is 0.833. The molecule has 0 fully saturated rings. The molecule has 0 amide bonds. The van der Waals surface area contributed by atoms with Crippen molar-refractivity contribution in [2.24, 2.45) is 0 Å². The summed E-state index contributed by atoms with van der Waals surface area (Å²) in [6.07, 6.45) is 0. The van der Waals surface area contributed by atoms with Crippen molar-refractivity contribution < 1.29 is 5.11 Å². The van der Waals surface area contributed by atoms with E-state index in [-0.39, 0.29) is 12.6 Å². The zero-order chi connectivity index (χ0) is 9.84. The number of halogens is 1. The Morgan fingerprint density at radius 2 is 2.23 bits per heavy atom. The topological polar surface area (TPSA) is 32.3 Å². The Morgan fingerprint density at radius 3 is 2.77 bits per heavy atom. The maximum absolute atomic E-state index is 9.13. The largest absolute Gasteiger partial charge is 0.394 e. The van der Waals surface area contributed by atoms with Gasteiger partial charge in [0.05, 0.1) is 12.6 Å². The van der Waals surface area contributed by atoms with E-state index in [2.05, 4.69) is 53.0 Å². The molecule has 1 aromatic rings. The molecule has 0 saturated heterocycles. The van der Waals surface area contributed by atoms with Gasteiger partial charge in [0.15, 0.2) is 0 Å². The third kappa shape index (κ3) is 2.65. The van der Waals surface area contributed by atoms with Gasteiger partial charge in [-0.25, -0.2) is 0 Å². The van der Waals surface area contributed by atoms with Gasteiger partial charge in [-0.3, -0.25) is 0 Å². The number of likely N-dealkylation sites (N-methyl/N-ethyl adjacent to an activating group) is 1. The first-order chi connectivity index (χ1) is 6.19. The van der Waals surface area contributed by atoms with E-state index in [4.69, 9.17) is 5.11 Å². The van der Waals surface area contributed by atoms with Crippen LogP contribution in [0.2, 0.25) is 0 Å². The third-order valence-electron chi connectivity index (χ3n) is 2.06. The average molecular weight is 291 g/mol. The monoisotopic (exact) mass is 291 g/mol. The molecule has 2 nitrogen and oxygen atoms in total. The number of aliphatic hydroxyl groups is 1. The summed E-state index contributed by atoms with van der Waals surface area (Å²) >= 11 is 2.29. The van der Waals surface area contributed by atoms with Crippen molar-refractivity contribution in [3.05, 3.63) is 32.9 Å². The Hall–Kier alpha value is -0.130. The van der Waals surface area contributed by atoms with Gasteiger partial charge in [0.25, 0.3) is 0 Å². The Balaban J connectivity index is 3.03. The first-order valence-electron chi connectivity index (χ1n) is 4.23. The van der Waals surface area contributed by atoms with Crippen molar-refractivity contribution in [1.82, 2.24) is 5.32 Å². The molecule has 0 bridgehead atoms. The van der Waals surface area contributed by atoms with E-state index in [1.54, 1.807) is 0 Å². The summed E-state index contributed by atoms with van der Waals surface area (Å²) in [5.41, 5.74) is 2.40. The Kier molecular flexibility index (Phi) is 4.15. The zero-order valence-corrected chi connectivity index (χ0v) is 10.00. The molecule has 0 aliphatic heterocycles. The molecule has 0 spiro atoms. The van der Waals surface area contributed by atoms with Gasteiger partial charge in [0.2, 0.25) is 0 Å². The van der Waals surface area contributed by atoms with Gasteiger partial charge in [-0.1, -0.05) is 17.7 Å². The maximum Gasteiger partial charge on any atom is 0.0626 e. The van der Waals surface area contributed by atoms with Crippen molar-refractivity contribution in [3.63, 3.8) is 0 Å². The fourth-order valence-corrected chi connectivity index (χ4v) is 1.99. The molecule has 0 unspecified atom stereocenters. The molecule has 1 atom stereocenters. The first-order valence-corrected chi connectivity index (χ1v) is 5.31. The fourth-order valence-electron chi connectivity index (χ4n) is 1.28. The number of rotatable bonds is 3. The minimum Gasteiger partial charge on any atom is -0.394 e. The minimum atomic E-state index is 0.0480. The van der Waals surface area contributed by atoms with Gasteiger partial charge < -0.3 is 10.4 Å². The highest BCUT2D eigenvalue weighted by Gasteiger charge is 2.10. The van der Waals surface area contributed by atoms with E-state index in [1.807, 2.05) is 7.05 Å². The number of hydrogen-bond donors (Lipinski definition) is 2. The molecular formula is C10H14INO. The van der Waals surface area contributed by atoms with Crippen molar-refractivity contribution in [1.29, 1.82) is 0 Å². The van der Waals surface area contributed by atoms with Gasteiger partial charge in [0.1, 0.15) is 0 Å². The van der Waals surface area contributed by atoms with Crippen LogP contribution in [0.5, 0.6) is 0 Å². The minimum absolute atomic E-state index is 0.0480. The normalized spacial score (nSPS) is 12.9. The van der Waals surface area contributed by atoms with Crippen LogP contribution in [-0.4, -0.2) is 18.8 Å². The predicted octanol–water partition coefficient (Wildman–Crippen LogP) is 1.85. The lowest BCUT2D eigenvalue weighted by Crippen LogP contribution is -2.21. The molecule has 1 rings (SSSR count). The second kappa shape index (κ2) is 4.93. The standard InChI is InChI=1S/C10H14INO/c1-7-3-4-9(11)8(5-7)10(6-13)12-2/h3-5,10,12-13H,6H2,1-2H3/t10-/m1/s1. The predicted molar refractivity (Wildman–Crippen MR) is 62.8 cm³/mol. The number of aliphatic hydroxyl groups excluding tert-OH is 1. The van der Waals surface area contributed by atoms with Gasteiger partial charge in [-0.2, -0.15) is 0 Å². The third-order valence-corrected chi connectivity index (χ3v) is 3.04. The second-order valence-electron chi connectivity index (χ2n) is 3.05. The smallest absolute Gasteiger partial charge is 0.0626 e. The Bertz CT molecular complexity index is 284. The Morgan fingerprint density at radius 1 is 1.54 bits per heavy atom. The van der Waals surface area contributed by atoms with E-state index >= 15 is 0 Å². The summed E-state index contributed by atoms with van der Waals surface area (Å²) in [6.45, 7) is 2.19. The van der Waals surface area contributed by atoms with E-state index < -0.39 is 0 Å². The SMILES string of the molecule is CN[C@H](CO)c1cc(C)ccc1I. The fraction of sp³-hybridized carbons (Fsp3) is 0.400. The van der Waals surface area contributed by atoms with Crippen LogP contribution >= 0.6 is 22.6 Å². The molecule has 0 saturated carbocycles. The van der Waals surface area contributed by atoms with Gasteiger partial charge in [-0.15, -0.1) is 0 Å². The van der Waals surface area contributed by atoms with Gasteiger partial charge >= 0.3 is 0 Å². The number of aryl methyl sites for hydroxylation is 1. The molecule has 0 aliphatic carbocycles. The van der Waals surface area contributed by atoms with E-state index in [1.165, 1.54) is 14.7 Å². The van der Waals surface area contributed by atoms with Gasteiger partial charge in [0, 0.05) is 3.57 Å². The van der Waals surface area contributed by atoms with Crippen LogP contribution in [0.1, 0.15) is 17.2 Å². The first kappa shape index (κ1) is 10.9. The number of hydrogen-bond acceptors (Lipinski definition) is 2. The summed E-state index contributed by atoms with van der Waals surface area (Å²) < 4.78 is 1.19. The van der Waals surface area contributed by atoms with E-state index in [9.17, 15) is 0 Å². The summed E-state index contributed by atoms with van der Waals surface area (Å²) in [6, 6.07) is 6.31. The lowest BCUT2D eigenvalue weighted by molar-refractivity contribution is 0.250. The lowest BCUT2D eigenvalue weighted by atomic mass is 10.1. The lowest BCUT2D eigenvalue weighted by Gasteiger charge is -2.15. The van der Waals surface area contributed by atoms with Gasteiger partial charge in [-0.05, 0) is 48.2 Å². The highest BCUT2D eigenvalue weighted by molar-refractivity contribution is 14.1. The average Bonchev–Trinajstić information content (AvgIpc) is 2.13. The van der Waals surface area contributed by atoms with Crippen molar-refractivity contribution >= 4 is 22.6 Å². The molecular weight excluding hydrogens is 277 g/mol. The highest BCUT2D eigenvalue weighted by Crippen LogP contribution is 2.20. The molecule has 2 N–H and O–H groups in total. The van der Waals surface area contributed by atoms with Crippen molar-refractivity contribution in [3.8, 4) is 0 Å². The van der Waals surface area contributed by atoms with Crippen LogP contribution in [0, 0.1) is 10.5 Å². The second-order valence-corrected chi connectivity index (χ2v) is 4.21. The molecule has 3 heteroatoms. The maximum atomic E-state index is 9.13. The molecule has 0 aliphatic rings. The van der Waals surface area contributed by atoms with Crippen molar-refractivity contribution in [2.75, 3.05) is 13.7 Å². The van der Waals surface area contributed by atoms with Crippen LogP contribution in [-0.2, 0) is 0 Å². The molecule has 0 aromatic heterocycles. The van der Waals surface area contributed by atoms with E-state index in [0.29, 0.717) is 0 Å². The summed E-state index contributed by atoms with van der Waals surface area (Å²) in [5.74, 6) is 0. The van der Waals surface area contributed by atoms with Crippen LogP contribution in [0.3, 0.4) is 0 Å². The molecule has 13 heavy (non-hydrogen) atoms. The Labute approximate surface area is 92.5 Å². The number of benzene rings is 1. The summed E-state index contributed by atoms with van der Waals surface area (Å²) in [4.78, 5) is 0. The van der Waals surface area contributed by atoms with E-state index in [0.717, 1.165) is 0 Å². The number of nitrogens with one attached hydrogen (secondary N) is 1. The molecule has 0 heterocycles. The highest BCUT2D eigenvalue weighted by atomic mass is 127. The molecule has 0 radical (unpaired) electrons. The molecule has 72 valence electrons. The molecule has 1 aromatic carbocycles. The van der Waals surface area contributed by atoms with Crippen LogP contribution in [0.15, 0.2) is 18.2 Å². The summed E-state index contributed by atoms with van der Waals surface area (Å²) in [5, 5.41) is 12.2. The van der Waals surface area contributed by atoms with Crippen LogP contribution in [0.4, 0.5) is 0 Å². The van der Waals surface area contributed by atoms with Crippen LogP contribution < -0.4 is 5.32 Å². The summed E-state index contributed by atoms with van der Waals surface area (Å²) in [7, 11) is 1.86. The zero-order valence-electron chi connectivity index (χ0n) is 7.84.